The fraction of sp³-hybridized carbons (Fsp3) is 0.467. The number of nitrogens with zero attached hydrogens (tertiary/aromatic N) is 3. The van der Waals surface area contributed by atoms with Crippen molar-refractivity contribution in [1.29, 1.82) is 0 Å². The van der Waals surface area contributed by atoms with E-state index in [1.165, 1.54) is 11.1 Å². The Morgan fingerprint density at radius 3 is 2.40 bits per heavy atom. The maximum atomic E-state index is 4.33. The minimum Gasteiger partial charge on any atom is -0.309 e. The average Bonchev–Trinajstić information content (AvgIpc) is 2.77. The van der Waals surface area contributed by atoms with Gasteiger partial charge in [0.2, 0.25) is 0 Å². The van der Waals surface area contributed by atoms with Gasteiger partial charge in [0.05, 0.1) is 17.4 Å². The number of aromatic nitrogens is 3. The van der Waals surface area contributed by atoms with E-state index in [-0.39, 0.29) is 6.04 Å². The lowest BCUT2D eigenvalue weighted by atomic mass is 10.1. The second-order valence-corrected chi connectivity index (χ2v) is 5.94. The molecule has 1 aromatic heterocycles. The fourth-order valence-corrected chi connectivity index (χ4v) is 2.66. The molecular formula is C15H21BrN4. The highest BCUT2D eigenvalue weighted by atomic mass is 79.9. The lowest BCUT2D eigenvalue weighted by molar-refractivity contribution is 0.579. The molecule has 0 saturated heterocycles. The van der Waals surface area contributed by atoms with E-state index in [0.29, 0.717) is 0 Å². The predicted octanol–water partition coefficient (Wildman–Crippen LogP) is 3.63. The highest BCUT2D eigenvalue weighted by Crippen LogP contribution is 2.25. The SMILES string of the molecule is CCNC(C)c1nnn(-c2cc(C)c(Br)c(C)c2)c1C. The lowest BCUT2D eigenvalue weighted by Crippen LogP contribution is -2.19. The Hall–Kier alpha value is -1.20. The summed E-state index contributed by atoms with van der Waals surface area (Å²) in [5, 5.41) is 12.0. The number of hydrogen-bond acceptors (Lipinski definition) is 3. The van der Waals surface area contributed by atoms with Crippen molar-refractivity contribution in [3.63, 3.8) is 0 Å². The molecule has 1 N–H and O–H groups in total. The van der Waals surface area contributed by atoms with E-state index in [1.54, 1.807) is 0 Å². The van der Waals surface area contributed by atoms with Gasteiger partial charge in [0.1, 0.15) is 5.69 Å². The maximum absolute atomic E-state index is 4.33. The largest absolute Gasteiger partial charge is 0.309 e. The van der Waals surface area contributed by atoms with Crippen LogP contribution in [0.4, 0.5) is 0 Å². The second-order valence-electron chi connectivity index (χ2n) is 5.14. The molecule has 5 heteroatoms. The van der Waals surface area contributed by atoms with Crippen molar-refractivity contribution in [3.8, 4) is 5.69 Å². The first-order valence-electron chi connectivity index (χ1n) is 6.88. The van der Waals surface area contributed by atoms with E-state index in [9.17, 15) is 0 Å². The molecule has 2 aromatic rings. The summed E-state index contributed by atoms with van der Waals surface area (Å²) < 4.78 is 3.07. The zero-order valence-corrected chi connectivity index (χ0v) is 14.2. The molecule has 108 valence electrons. The van der Waals surface area contributed by atoms with Crippen LogP contribution >= 0.6 is 15.9 Å². The van der Waals surface area contributed by atoms with Crippen LogP contribution in [0.5, 0.6) is 0 Å². The van der Waals surface area contributed by atoms with Crippen molar-refractivity contribution in [2.24, 2.45) is 0 Å². The van der Waals surface area contributed by atoms with Gasteiger partial charge in [-0.15, -0.1) is 5.10 Å². The smallest absolute Gasteiger partial charge is 0.103 e. The van der Waals surface area contributed by atoms with Crippen LogP contribution in [0.15, 0.2) is 16.6 Å². The Balaban J connectivity index is 2.44. The zero-order chi connectivity index (χ0) is 14.9. The quantitative estimate of drug-likeness (QED) is 0.927. The van der Waals surface area contributed by atoms with Gasteiger partial charge in [-0.2, -0.15) is 0 Å². The average molecular weight is 337 g/mol. The highest BCUT2D eigenvalue weighted by molar-refractivity contribution is 9.10. The molecule has 0 aliphatic rings. The van der Waals surface area contributed by atoms with Gasteiger partial charge >= 0.3 is 0 Å². The van der Waals surface area contributed by atoms with Crippen molar-refractivity contribution in [2.75, 3.05) is 6.54 Å². The van der Waals surface area contributed by atoms with Crippen LogP contribution in [0.3, 0.4) is 0 Å². The number of aryl methyl sites for hydroxylation is 2. The third kappa shape index (κ3) is 2.79. The normalized spacial score (nSPS) is 12.7. The summed E-state index contributed by atoms with van der Waals surface area (Å²) in [4.78, 5) is 0. The molecule has 0 spiro atoms. The van der Waals surface area contributed by atoms with E-state index >= 15 is 0 Å². The van der Waals surface area contributed by atoms with Crippen LogP contribution in [0.2, 0.25) is 0 Å². The zero-order valence-electron chi connectivity index (χ0n) is 12.7. The van der Waals surface area contributed by atoms with Gasteiger partial charge in [-0.05, 0) is 57.5 Å². The molecule has 0 bridgehead atoms. The molecule has 0 aliphatic carbocycles. The molecule has 1 atom stereocenters. The van der Waals surface area contributed by atoms with Crippen molar-refractivity contribution >= 4 is 15.9 Å². The molecule has 0 aliphatic heterocycles. The second kappa shape index (κ2) is 6.06. The minimum absolute atomic E-state index is 0.214. The van der Waals surface area contributed by atoms with Gasteiger partial charge in [0, 0.05) is 4.47 Å². The minimum atomic E-state index is 0.214. The summed E-state index contributed by atoms with van der Waals surface area (Å²) >= 11 is 3.60. The van der Waals surface area contributed by atoms with E-state index in [4.69, 9.17) is 0 Å². The van der Waals surface area contributed by atoms with Crippen LogP contribution in [0.1, 0.15) is 42.4 Å². The summed E-state index contributed by atoms with van der Waals surface area (Å²) in [6.07, 6.45) is 0. The highest BCUT2D eigenvalue weighted by Gasteiger charge is 2.16. The first kappa shape index (κ1) is 15.2. The Morgan fingerprint density at radius 1 is 1.25 bits per heavy atom. The standard InChI is InChI=1S/C15H21BrN4/c1-6-17-11(4)15-12(5)20(19-18-15)13-7-9(2)14(16)10(3)8-13/h7-8,11,17H,6H2,1-5H3. The number of benzene rings is 1. The number of rotatable bonds is 4. The fourth-order valence-electron chi connectivity index (χ4n) is 2.43. The van der Waals surface area contributed by atoms with Crippen LogP contribution in [0.25, 0.3) is 5.69 Å². The first-order valence-corrected chi connectivity index (χ1v) is 7.67. The van der Waals surface area contributed by atoms with E-state index in [0.717, 1.165) is 28.1 Å². The van der Waals surface area contributed by atoms with Crippen molar-refractivity contribution in [3.05, 3.63) is 39.1 Å². The van der Waals surface area contributed by atoms with Crippen LogP contribution < -0.4 is 5.32 Å². The van der Waals surface area contributed by atoms with Crippen LogP contribution in [-0.2, 0) is 0 Å². The number of nitrogens with one attached hydrogen (secondary N) is 1. The molecular weight excluding hydrogens is 316 g/mol. The molecule has 2 rings (SSSR count). The van der Waals surface area contributed by atoms with Gasteiger partial charge in [0.25, 0.3) is 0 Å². The molecule has 1 heterocycles. The molecule has 0 radical (unpaired) electrons. The third-order valence-corrected chi connectivity index (χ3v) is 4.77. The van der Waals surface area contributed by atoms with Crippen LogP contribution in [-0.4, -0.2) is 21.5 Å². The van der Waals surface area contributed by atoms with E-state index in [2.05, 4.69) is 78.3 Å². The summed E-state index contributed by atoms with van der Waals surface area (Å²) in [6.45, 7) is 11.4. The Labute approximate surface area is 128 Å². The lowest BCUT2D eigenvalue weighted by Gasteiger charge is -2.11. The monoisotopic (exact) mass is 336 g/mol. The summed E-state index contributed by atoms with van der Waals surface area (Å²) in [5.41, 5.74) is 5.56. The molecule has 1 aromatic carbocycles. The molecule has 20 heavy (non-hydrogen) atoms. The molecule has 0 amide bonds. The summed E-state index contributed by atoms with van der Waals surface area (Å²) in [5.74, 6) is 0. The van der Waals surface area contributed by atoms with E-state index < -0.39 is 0 Å². The predicted molar refractivity (Wildman–Crippen MR) is 85.4 cm³/mol. The van der Waals surface area contributed by atoms with Gasteiger partial charge in [-0.25, -0.2) is 4.68 Å². The maximum Gasteiger partial charge on any atom is 0.103 e. The number of hydrogen-bond donors (Lipinski definition) is 1. The number of halogens is 1. The van der Waals surface area contributed by atoms with Crippen molar-refractivity contribution in [1.82, 2.24) is 20.3 Å². The van der Waals surface area contributed by atoms with Crippen molar-refractivity contribution in [2.45, 2.75) is 40.7 Å². The topological polar surface area (TPSA) is 42.7 Å². The van der Waals surface area contributed by atoms with Crippen LogP contribution in [0, 0.1) is 20.8 Å². The van der Waals surface area contributed by atoms with Gasteiger partial charge in [-0.1, -0.05) is 28.1 Å². The Bertz CT molecular complexity index is 595. The van der Waals surface area contributed by atoms with Crippen molar-refractivity contribution < 1.29 is 0 Å². The summed E-state index contributed by atoms with van der Waals surface area (Å²) in [6, 6.07) is 4.47. The van der Waals surface area contributed by atoms with Gasteiger partial charge in [-0.3, -0.25) is 0 Å². The van der Waals surface area contributed by atoms with E-state index in [1.807, 2.05) is 4.68 Å². The Kier molecular flexibility index (Phi) is 4.60. The summed E-state index contributed by atoms with van der Waals surface area (Å²) in [7, 11) is 0. The van der Waals surface area contributed by atoms with Gasteiger partial charge < -0.3 is 5.32 Å². The Morgan fingerprint density at radius 2 is 1.85 bits per heavy atom. The molecule has 4 nitrogen and oxygen atoms in total. The molecule has 0 saturated carbocycles. The third-order valence-electron chi connectivity index (χ3n) is 3.52. The first-order chi connectivity index (χ1) is 9.45. The van der Waals surface area contributed by atoms with Gasteiger partial charge in [0.15, 0.2) is 0 Å². The molecule has 1 unspecified atom stereocenters. The molecule has 0 fully saturated rings.